The van der Waals surface area contributed by atoms with E-state index in [1.165, 1.54) is 6.07 Å². The Morgan fingerprint density at radius 2 is 1.93 bits per heavy atom. The fraction of sp³-hybridized carbons (Fsp3) is 0. The molecule has 0 saturated heterocycles. The van der Waals surface area contributed by atoms with Gasteiger partial charge in [-0.2, -0.15) is 0 Å². The fourth-order valence-electron chi connectivity index (χ4n) is 1.30. The molecule has 0 spiro atoms. The first kappa shape index (κ1) is 9.33. The van der Waals surface area contributed by atoms with E-state index in [4.69, 9.17) is 10.2 Å². The van der Waals surface area contributed by atoms with Crippen molar-refractivity contribution >= 4 is 5.91 Å². The number of hydrogen-bond donors (Lipinski definition) is 2. The Bertz CT molecular complexity index is 502. The SMILES string of the molecule is NC(=O)c1ccc(-c2ccccc2O)o1. The highest BCUT2D eigenvalue weighted by Gasteiger charge is 2.10. The van der Waals surface area contributed by atoms with E-state index >= 15 is 0 Å². The van der Waals surface area contributed by atoms with E-state index in [1.807, 2.05) is 0 Å². The molecule has 0 radical (unpaired) electrons. The van der Waals surface area contributed by atoms with Crippen LogP contribution in [-0.2, 0) is 0 Å². The summed E-state index contributed by atoms with van der Waals surface area (Å²) in [4.78, 5) is 10.8. The number of furan rings is 1. The maximum absolute atomic E-state index is 10.8. The van der Waals surface area contributed by atoms with Crippen LogP contribution in [0, 0.1) is 0 Å². The summed E-state index contributed by atoms with van der Waals surface area (Å²) in [6.07, 6.45) is 0. The zero-order chi connectivity index (χ0) is 10.8. The summed E-state index contributed by atoms with van der Waals surface area (Å²) in [6, 6.07) is 9.78. The minimum atomic E-state index is -0.628. The van der Waals surface area contributed by atoms with Crippen LogP contribution in [0.2, 0.25) is 0 Å². The molecule has 1 aromatic heterocycles. The zero-order valence-corrected chi connectivity index (χ0v) is 7.81. The molecule has 3 N–H and O–H groups in total. The number of phenolic OH excluding ortho intramolecular Hbond substituents is 1. The normalized spacial score (nSPS) is 10.1. The van der Waals surface area contributed by atoms with Gasteiger partial charge in [-0.15, -0.1) is 0 Å². The smallest absolute Gasteiger partial charge is 0.284 e. The van der Waals surface area contributed by atoms with Gasteiger partial charge in [-0.1, -0.05) is 12.1 Å². The van der Waals surface area contributed by atoms with Crippen molar-refractivity contribution in [2.24, 2.45) is 5.73 Å². The number of amides is 1. The Labute approximate surface area is 85.9 Å². The van der Waals surface area contributed by atoms with Gasteiger partial charge in [0.05, 0.1) is 5.56 Å². The Hall–Kier alpha value is -2.23. The van der Waals surface area contributed by atoms with Gasteiger partial charge in [-0.3, -0.25) is 4.79 Å². The molecule has 4 heteroatoms. The molecule has 2 aromatic rings. The Balaban J connectivity index is 2.46. The summed E-state index contributed by atoms with van der Waals surface area (Å²) in [7, 11) is 0. The third-order valence-corrected chi connectivity index (χ3v) is 2.02. The maximum Gasteiger partial charge on any atom is 0.284 e. The third kappa shape index (κ3) is 1.69. The number of hydrogen-bond acceptors (Lipinski definition) is 3. The molecule has 1 amide bonds. The fourth-order valence-corrected chi connectivity index (χ4v) is 1.30. The number of benzene rings is 1. The lowest BCUT2D eigenvalue weighted by Crippen LogP contribution is -2.09. The van der Waals surface area contributed by atoms with Gasteiger partial charge in [0, 0.05) is 0 Å². The molecule has 1 heterocycles. The van der Waals surface area contributed by atoms with Gasteiger partial charge < -0.3 is 15.3 Å². The predicted molar refractivity (Wildman–Crippen MR) is 54.3 cm³/mol. The number of carbonyl (C=O) groups is 1. The summed E-state index contributed by atoms with van der Waals surface area (Å²) in [5.74, 6) is -0.0327. The largest absolute Gasteiger partial charge is 0.507 e. The Morgan fingerprint density at radius 1 is 1.20 bits per heavy atom. The van der Waals surface area contributed by atoms with Crippen LogP contribution in [0.4, 0.5) is 0 Å². The van der Waals surface area contributed by atoms with Crippen LogP contribution in [0.3, 0.4) is 0 Å². The lowest BCUT2D eigenvalue weighted by Gasteiger charge is -1.99. The van der Waals surface area contributed by atoms with E-state index in [1.54, 1.807) is 30.3 Å². The summed E-state index contributed by atoms with van der Waals surface area (Å²) in [5.41, 5.74) is 5.58. The number of para-hydroxylation sites is 1. The first-order chi connectivity index (χ1) is 7.18. The number of carbonyl (C=O) groups excluding carboxylic acids is 1. The van der Waals surface area contributed by atoms with E-state index in [-0.39, 0.29) is 11.5 Å². The van der Waals surface area contributed by atoms with Crippen LogP contribution in [0.1, 0.15) is 10.6 Å². The number of nitrogens with two attached hydrogens (primary N) is 1. The third-order valence-electron chi connectivity index (χ3n) is 2.02. The molecule has 4 nitrogen and oxygen atoms in total. The second-order valence-corrected chi connectivity index (χ2v) is 3.05. The second-order valence-electron chi connectivity index (χ2n) is 3.05. The van der Waals surface area contributed by atoms with Gasteiger partial charge >= 0.3 is 0 Å². The van der Waals surface area contributed by atoms with Crippen molar-refractivity contribution in [3.05, 3.63) is 42.2 Å². The minimum absolute atomic E-state index is 0.0771. The van der Waals surface area contributed by atoms with E-state index in [2.05, 4.69) is 0 Å². The van der Waals surface area contributed by atoms with Crippen molar-refractivity contribution in [2.75, 3.05) is 0 Å². The first-order valence-corrected chi connectivity index (χ1v) is 4.36. The number of aromatic hydroxyl groups is 1. The van der Waals surface area contributed by atoms with Crippen LogP contribution in [0.25, 0.3) is 11.3 Å². The van der Waals surface area contributed by atoms with Crippen molar-refractivity contribution in [3.8, 4) is 17.1 Å². The second kappa shape index (κ2) is 3.49. The van der Waals surface area contributed by atoms with E-state index in [9.17, 15) is 9.90 Å². The van der Waals surface area contributed by atoms with Gasteiger partial charge in [0.2, 0.25) is 0 Å². The summed E-state index contributed by atoms with van der Waals surface area (Å²) in [5, 5.41) is 9.54. The van der Waals surface area contributed by atoms with E-state index < -0.39 is 5.91 Å². The zero-order valence-electron chi connectivity index (χ0n) is 7.81. The standard InChI is InChI=1S/C11H9NO3/c12-11(14)10-6-5-9(15-10)7-3-1-2-4-8(7)13/h1-6,13H,(H2,12,14). The molecule has 0 atom stereocenters. The van der Waals surface area contributed by atoms with Crippen LogP contribution in [0.5, 0.6) is 5.75 Å². The number of phenols is 1. The van der Waals surface area contributed by atoms with Crippen LogP contribution in [-0.4, -0.2) is 11.0 Å². The number of primary amides is 1. The predicted octanol–water partition coefficient (Wildman–Crippen LogP) is 1.75. The Morgan fingerprint density at radius 3 is 2.53 bits per heavy atom. The molecule has 0 aliphatic heterocycles. The van der Waals surface area contributed by atoms with Gasteiger partial charge in [0.15, 0.2) is 5.76 Å². The van der Waals surface area contributed by atoms with Crippen molar-refractivity contribution in [1.82, 2.24) is 0 Å². The van der Waals surface area contributed by atoms with Crippen LogP contribution < -0.4 is 5.73 Å². The molecular weight excluding hydrogens is 194 g/mol. The topological polar surface area (TPSA) is 76.5 Å². The van der Waals surface area contributed by atoms with Gasteiger partial charge in [-0.25, -0.2) is 0 Å². The number of rotatable bonds is 2. The first-order valence-electron chi connectivity index (χ1n) is 4.36. The van der Waals surface area contributed by atoms with Crippen molar-refractivity contribution < 1.29 is 14.3 Å². The average Bonchev–Trinajstić information content (AvgIpc) is 2.67. The molecule has 0 saturated carbocycles. The molecule has 0 bridgehead atoms. The molecule has 1 aromatic carbocycles. The quantitative estimate of drug-likeness (QED) is 0.780. The molecule has 2 rings (SSSR count). The van der Waals surface area contributed by atoms with Gasteiger partial charge in [-0.05, 0) is 24.3 Å². The highest BCUT2D eigenvalue weighted by Crippen LogP contribution is 2.29. The summed E-state index contributed by atoms with van der Waals surface area (Å²) >= 11 is 0. The van der Waals surface area contributed by atoms with Crippen LogP contribution >= 0.6 is 0 Å². The molecule has 0 aliphatic carbocycles. The highest BCUT2D eigenvalue weighted by atomic mass is 16.4. The Kier molecular flexibility index (Phi) is 2.17. The summed E-state index contributed by atoms with van der Waals surface area (Å²) in [6.45, 7) is 0. The molecular formula is C11H9NO3. The monoisotopic (exact) mass is 203 g/mol. The van der Waals surface area contributed by atoms with E-state index in [0.717, 1.165) is 0 Å². The molecule has 0 aliphatic rings. The van der Waals surface area contributed by atoms with Crippen molar-refractivity contribution in [3.63, 3.8) is 0 Å². The van der Waals surface area contributed by atoms with E-state index in [0.29, 0.717) is 11.3 Å². The lowest BCUT2D eigenvalue weighted by atomic mass is 10.1. The maximum atomic E-state index is 10.8. The van der Waals surface area contributed by atoms with Crippen molar-refractivity contribution in [1.29, 1.82) is 0 Å². The van der Waals surface area contributed by atoms with Gasteiger partial charge in [0.25, 0.3) is 5.91 Å². The lowest BCUT2D eigenvalue weighted by molar-refractivity contribution is 0.0974. The molecule has 0 fully saturated rings. The molecule has 15 heavy (non-hydrogen) atoms. The molecule has 0 unspecified atom stereocenters. The minimum Gasteiger partial charge on any atom is -0.507 e. The molecule has 76 valence electrons. The van der Waals surface area contributed by atoms with Crippen LogP contribution in [0.15, 0.2) is 40.8 Å². The van der Waals surface area contributed by atoms with Gasteiger partial charge in [0.1, 0.15) is 11.5 Å². The van der Waals surface area contributed by atoms with Crippen molar-refractivity contribution in [2.45, 2.75) is 0 Å². The highest BCUT2D eigenvalue weighted by molar-refractivity contribution is 5.90. The average molecular weight is 203 g/mol. The summed E-state index contributed by atoms with van der Waals surface area (Å²) < 4.78 is 5.18.